The van der Waals surface area contributed by atoms with Crippen molar-refractivity contribution >= 4 is 27.2 Å². The fourth-order valence-corrected chi connectivity index (χ4v) is 6.40. The molecule has 0 bridgehead atoms. The largest absolute Gasteiger partial charge is 0.352 e. The van der Waals surface area contributed by atoms with Gasteiger partial charge in [0.15, 0.2) is 5.82 Å². The molecular formula is C22H26N4O2S2. The van der Waals surface area contributed by atoms with E-state index in [-0.39, 0.29) is 0 Å². The summed E-state index contributed by atoms with van der Waals surface area (Å²) in [5.74, 6) is 0.783. The maximum atomic E-state index is 12.9. The van der Waals surface area contributed by atoms with Crippen molar-refractivity contribution in [1.29, 1.82) is 0 Å². The molecule has 1 aliphatic rings. The molecule has 0 aliphatic carbocycles. The molecule has 6 nitrogen and oxygen atoms in total. The lowest BCUT2D eigenvalue weighted by molar-refractivity contribution is 0.384. The summed E-state index contributed by atoms with van der Waals surface area (Å²) in [5.41, 5.74) is 3.18. The van der Waals surface area contributed by atoms with Gasteiger partial charge in [-0.05, 0) is 42.7 Å². The normalized spacial score (nSPS) is 15.5. The standard InChI is InChI=1S/C22H26N4O2S2/c1-3-17-5-7-18(8-6-17)20-10-11-21(24-23-20)25-13-15-26(16-14-25)30(27,28)22-12-9-19(4-2)29-22/h5-12H,3-4,13-16H2,1-2H3. The first-order chi connectivity index (χ1) is 14.5. The van der Waals surface area contributed by atoms with E-state index in [1.54, 1.807) is 10.4 Å². The molecule has 4 rings (SSSR count). The van der Waals surface area contributed by atoms with E-state index >= 15 is 0 Å². The van der Waals surface area contributed by atoms with Gasteiger partial charge in [0.1, 0.15) is 4.21 Å². The fourth-order valence-electron chi connectivity index (χ4n) is 3.53. The third-order valence-electron chi connectivity index (χ3n) is 5.45. The maximum Gasteiger partial charge on any atom is 0.252 e. The van der Waals surface area contributed by atoms with Gasteiger partial charge < -0.3 is 4.90 Å². The van der Waals surface area contributed by atoms with Crippen LogP contribution in [0.25, 0.3) is 11.3 Å². The molecule has 0 radical (unpaired) electrons. The van der Waals surface area contributed by atoms with Crippen molar-refractivity contribution in [1.82, 2.24) is 14.5 Å². The van der Waals surface area contributed by atoms with Crippen molar-refractivity contribution in [2.24, 2.45) is 0 Å². The summed E-state index contributed by atoms with van der Waals surface area (Å²) in [5, 5.41) is 8.78. The minimum atomic E-state index is -3.42. The van der Waals surface area contributed by atoms with E-state index in [9.17, 15) is 8.42 Å². The quantitative estimate of drug-likeness (QED) is 0.580. The van der Waals surface area contributed by atoms with E-state index in [2.05, 4.69) is 46.3 Å². The molecule has 1 aliphatic heterocycles. The highest BCUT2D eigenvalue weighted by molar-refractivity contribution is 7.91. The van der Waals surface area contributed by atoms with E-state index in [1.165, 1.54) is 16.9 Å². The molecule has 0 saturated carbocycles. The Labute approximate surface area is 182 Å². The van der Waals surface area contributed by atoms with Gasteiger partial charge in [0.2, 0.25) is 0 Å². The van der Waals surface area contributed by atoms with Crippen LogP contribution in [-0.4, -0.2) is 49.1 Å². The molecule has 1 aromatic carbocycles. The fraction of sp³-hybridized carbons (Fsp3) is 0.364. The van der Waals surface area contributed by atoms with Crippen molar-refractivity contribution in [3.63, 3.8) is 0 Å². The van der Waals surface area contributed by atoms with Gasteiger partial charge in [0, 0.05) is 36.6 Å². The SMILES string of the molecule is CCc1ccc(-c2ccc(N3CCN(S(=O)(=O)c4ccc(CC)s4)CC3)nn2)cc1. The monoisotopic (exact) mass is 442 g/mol. The predicted molar refractivity (Wildman–Crippen MR) is 122 cm³/mol. The van der Waals surface area contributed by atoms with Crippen molar-refractivity contribution in [3.05, 3.63) is 59.0 Å². The minimum absolute atomic E-state index is 0.436. The Balaban J connectivity index is 1.41. The van der Waals surface area contributed by atoms with E-state index in [0.29, 0.717) is 30.4 Å². The van der Waals surface area contributed by atoms with Crippen LogP contribution >= 0.6 is 11.3 Å². The highest BCUT2D eigenvalue weighted by Gasteiger charge is 2.30. The number of anilines is 1. The minimum Gasteiger partial charge on any atom is -0.352 e. The summed E-state index contributed by atoms with van der Waals surface area (Å²) in [6.45, 7) is 6.27. The van der Waals surface area contributed by atoms with Crippen molar-refractivity contribution in [2.45, 2.75) is 30.9 Å². The van der Waals surface area contributed by atoms with Crippen LogP contribution in [0.15, 0.2) is 52.7 Å². The highest BCUT2D eigenvalue weighted by atomic mass is 32.2. The number of sulfonamides is 1. The highest BCUT2D eigenvalue weighted by Crippen LogP contribution is 2.27. The lowest BCUT2D eigenvalue weighted by atomic mass is 10.1. The number of rotatable bonds is 6. The Morgan fingerprint density at radius 2 is 1.60 bits per heavy atom. The van der Waals surface area contributed by atoms with Crippen LogP contribution in [-0.2, 0) is 22.9 Å². The predicted octanol–water partition coefficient (Wildman–Crippen LogP) is 3.84. The lowest BCUT2D eigenvalue weighted by Gasteiger charge is -2.34. The molecule has 30 heavy (non-hydrogen) atoms. The molecule has 0 unspecified atom stereocenters. The van der Waals surface area contributed by atoms with Gasteiger partial charge in [-0.3, -0.25) is 0 Å². The van der Waals surface area contributed by atoms with Crippen LogP contribution in [0.4, 0.5) is 5.82 Å². The maximum absolute atomic E-state index is 12.9. The molecule has 8 heteroatoms. The molecule has 158 valence electrons. The first kappa shape index (κ1) is 21.0. The molecule has 0 amide bonds. The van der Waals surface area contributed by atoms with Gasteiger partial charge >= 0.3 is 0 Å². The molecule has 0 atom stereocenters. The Kier molecular flexibility index (Phi) is 6.17. The van der Waals surface area contributed by atoms with Crippen molar-refractivity contribution in [3.8, 4) is 11.3 Å². The summed E-state index contributed by atoms with van der Waals surface area (Å²) in [4.78, 5) is 3.18. The van der Waals surface area contributed by atoms with Crippen LogP contribution in [0, 0.1) is 0 Å². The zero-order valence-electron chi connectivity index (χ0n) is 17.3. The van der Waals surface area contributed by atoms with Gasteiger partial charge in [-0.1, -0.05) is 38.1 Å². The van der Waals surface area contributed by atoms with Crippen LogP contribution in [0.5, 0.6) is 0 Å². The molecule has 1 saturated heterocycles. The number of hydrogen-bond acceptors (Lipinski definition) is 6. The third kappa shape index (κ3) is 4.26. The first-order valence-corrected chi connectivity index (χ1v) is 12.5. The average molecular weight is 443 g/mol. The van der Waals surface area contributed by atoms with Gasteiger partial charge in [-0.15, -0.1) is 21.5 Å². The Morgan fingerprint density at radius 3 is 2.17 bits per heavy atom. The Bertz CT molecular complexity index is 1080. The zero-order chi connectivity index (χ0) is 21.1. The topological polar surface area (TPSA) is 66.4 Å². The third-order valence-corrected chi connectivity index (χ3v) is 9.05. The number of aryl methyl sites for hydroxylation is 2. The molecule has 1 fully saturated rings. The number of hydrogen-bond donors (Lipinski definition) is 0. The van der Waals surface area contributed by atoms with Gasteiger partial charge in [-0.25, -0.2) is 8.42 Å². The number of benzene rings is 1. The second-order valence-electron chi connectivity index (χ2n) is 7.29. The summed E-state index contributed by atoms with van der Waals surface area (Å²) in [6, 6.07) is 15.9. The Morgan fingerprint density at radius 1 is 0.867 bits per heavy atom. The molecule has 0 spiro atoms. The van der Waals surface area contributed by atoms with Crippen LogP contribution in [0.1, 0.15) is 24.3 Å². The Hall–Kier alpha value is -2.29. The lowest BCUT2D eigenvalue weighted by Crippen LogP contribution is -2.48. The summed E-state index contributed by atoms with van der Waals surface area (Å²) in [6.07, 6.45) is 1.87. The van der Waals surface area contributed by atoms with Gasteiger partial charge in [-0.2, -0.15) is 4.31 Å². The molecule has 0 N–H and O–H groups in total. The van der Waals surface area contributed by atoms with E-state index in [1.807, 2.05) is 25.1 Å². The van der Waals surface area contributed by atoms with Crippen molar-refractivity contribution < 1.29 is 8.42 Å². The number of thiophene rings is 1. The summed E-state index contributed by atoms with van der Waals surface area (Å²) >= 11 is 1.37. The summed E-state index contributed by atoms with van der Waals surface area (Å²) < 4.78 is 27.8. The number of piperazine rings is 1. The van der Waals surface area contributed by atoms with Crippen LogP contribution in [0.3, 0.4) is 0 Å². The second-order valence-corrected chi connectivity index (χ2v) is 10.6. The van der Waals surface area contributed by atoms with Crippen LogP contribution < -0.4 is 4.90 Å². The average Bonchev–Trinajstić information content (AvgIpc) is 3.30. The number of nitrogens with zero attached hydrogens (tertiary/aromatic N) is 4. The molecular weight excluding hydrogens is 416 g/mol. The van der Waals surface area contributed by atoms with Gasteiger partial charge in [0.25, 0.3) is 10.0 Å². The molecule has 2 aromatic heterocycles. The van der Waals surface area contributed by atoms with Crippen molar-refractivity contribution in [2.75, 3.05) is 31.1 Å². The zero-order valence-corrected chi connectivity index (χ0v) is 18.9. The van der Waals surface area contributed by atoms with E-state index in [0.717, 1.165) is 34.8 Å². The smallest absolute Gasteiger partial charge is 0.252 e. The number of aromatic nitrogens is 2. The summed E-state index contributed by atoms with van der Waals surface area (Å²) in [7, 11) is -3.42. The van der Waals surface area contributed by atoms with Crippen LogP contribution in [0.2, 0.25) is 0 Å². The first-order valence-electron chi connectivity index (χ1n) is 10.3. The van der Waals surface area contributed by atoms with E-state index < -0.39 is 10.0 Å². The second kappa shape index (κ2) is 8.83. The van der Waals surface area contributed by atoms with E-state index in [4.69, 9.17) is 0 Å². The van der Waals surface area contributed by atoms with Gasteiger partial charge in [0.05, 0.1) is 5.69 Å². The molecule has 3 heterocycles. The molecule has 3 aromatic rings.